The van der Waals surface area contributed by atoms with Crippen molar-refractivity contribution in [2.24, 2.45) is 11.7 Å². The second-order valence-corrected chi connectivity index (χ2v) is 9.77. The maximum absolute atomic E-state index is 12.0. The molecule has 0 aliphatic carbocycles. The van der Waals surface area contributed by atoms with Crippen LogP contribution >= 0.6 is 11.8 Å². The maximum Gasteiger partial charge on any atom is 0.242 e. The van der Waals surface area contributed by atoms with Gasteiger partial charge in [-0.15, -0.1) is 11.8 Å². The molecule has 1 aliphatic heterocycles. The molecule has 10 heteroatoms. The highest BCUT2D eigenvalue weighted by Gasteiger charge is 2.35. The van der Waals surface area contributed by atoms with Gasteiger partial charge in [0, 0.05) is 52.2 Å². The number of hydrogen-bond acceptors (Lipinski definition) is 7. The van der Waals surface area contributed by atoms with E-state index in [-0.39, 0.29) is 53.4 Å². The van der Waals surface area contributed by atoms with Crippen molar-refractivity contribution in [1.82, 2.24) is 15.5 Å². The van der Waals surface area contributed by atoms with Crippen molar-refractivity contribution in [1.29, 1.82) is 0 Å². The van der Waals surface area contributed by atoms with Crippen LogP contribution in [0.5, 0.6) is 0 Å². The van der Waals surface area contributed by atoms with Gasteiger partial charge in [0.25, 0.3) is 0 Å². The van der Waals surface area contributed by atoms with E-state index in [0.29, 0.717) is 38.8 Å². The van der Waals surface area contributed by atoms with Gasteiger partial charge in [-0.3, -0.25) is 28.9 Å². The number of nitrogens with two attached hydrogens (primary N) is 1. The van der Waals surface area contributed by atoms with Gasteiger partial charge in [-0.25, -0.2) is 0 Å². The highest BCUT2D eigenvalue weighted by Crippen LogP contribution is 2.25. The third kappa shape index (κ3) is 11.7. The van der Waals surface area contributed by atoms with Crippen LogP contribution in [0.3, 0.4) is 0 Å². The monoisotopic (exact) mass is 484 g/mol. The Kier molecular flexibility index (Phi) is 14.7. The number of nitrogens with zero attached hydrogens (tertiary/aromatic N) is 1. The van der Waals surface area contributed by atoms with Crippen molar-refractivity contribution in [3.05, 3.63) is 0 Å². The van der Waals surface area contributed by atoms with Crippen LogP contribution in [0.1, 0.15) is 70.6 Å². The Morgan fingerprint density at radius 1 is 1.09 bits per heavy atom. The first-order chi connectivity index (χ1) is 15.8. The first kappa shape index (κ1) is 29.1. The van der Waals surface area contributed by atoms with Gasteiger partial charge < -0.3 is 16.4 Å². The van der Waals surface area contributed by atoms with Crippen molar-refractivity contribution in [3.8, 4) is 0 Å². The van der Waals surface area contributed by atoms with Gasteiger partial charge in [0.05, 0.1) is 5.25 Å². The Hall–Kier alpha value is -1.94. The summed E-state index contributed by atoms with van der Waals surface area (Å²) in [7, 11) is 3.10. The van der Waals surface area contributed by atoms with E-state index in [0.717, 1.165) is 37.9 Å². The molecule has 0 bridgehead atoms. The predicted molar refractivity (Wildman–Crippen MR) is 129 cm³/mol. The summed E-state index contributed by atoms with van der Waals surface area (Å²) in [6.45, 7) is 1.03. The summed E-state index contributed by atoms with van der Waals surface area (Å²) in [5.41, 5.74) is 5.43. The number of thioether (sulfide) groups is 1. The first-order valence-electron chi connectivity index (χ1n) is 11.9. The van der Waals surface area contributed by atoms with Crippen molar-refractivity contribution in [2.45, 2.75) is 75.9 Å². The van der Waals surface area contributed by atoms with Crippen LogP contribution in [-0.4, -0.2) is 72.5 Å². The lowest BCUT2D eigenvalue weighted by Crippen LogP contribution is -2.29. The third-order valence-electron chi connectivity index (χ3n) is 5.76. The van der Waals surface area contributed by atoms with Crippen molar-refractivity contribution in [2.75, 3.05) is 32.9 Å². The lowest BCUT2D eigenvalue weighted by atomic mass is 9.93. The molecule has 0 radical (unpaired) electrons. The highest BCUT2D eigenvalue weighted by molar-refractivity contribution is 8.00. The van der Waals surface area contributed by atoms with Crippen molar-refractivity contribution in [3.63, 3.8) is 0 Å². The molecule has 188 valence electrons. The number of rotatable bonds is 18. The normalized spacial score (nSPS) is 16.7. The summed E-state index contributed by atoms with van der Waals surface area (Å²) >= 11 is 1.52. The number of likely N-dealkylation sites (tertiary alicyclic amines) is 1. The third-order valence-corrected chi connectivity index (χ3v) is 7.05. The smallest absolute Gasteiger partial charge is 0.242 e. The molecule has 0 spiro atoms. The summed E-state index contributed by atoms with van der Waals surface area (Å²) < 4.78 is 0. The number of amides is 4. The zero-order valence-corrected chi connectivity index (χ0v) is 20.8. The molecular weight excluding hydrogens is 444 g/mol. The number of ketones is 1. The SMILES string of the molecule is CNC(=O)[C@H](CCCCNC(=O)CCCCCSC1CC(=O)N(C)C1=O)CC(=O)CCCN. The summed E-state index contributed by atoms with van der Waals surface area (Å²) in [4.78, 5) is 60.5. The zero-order chi connectivity index (χ0) is 24.6. The largest absolute Gasteiger partial charge is 0.359 e. The zero-order valence-electron chi connectivity index (χ0n) is 20.0. The second kappa shape index (κ2) is 16.6. The van der Waals surface area contributed by atoms with Crippen LogP contribution < -0.4 is 16.4 Å². The number of Topliss-reactive ketones (excluding diaryl/α,β-unsaturated/α-hetero) is 1. The van der Waals surface area contributed by atoms with Crippen LogP contribution in [0.2, 0.25) is 0 Å². The van der Waals surface area contributed by atoms with Crippen molar-refractivity contribution < 1.29 is 24.0 Å². The Bertz CT molecular complexity index is 673. The topological polar surface area (TPSA) is 139 Å². The number of carbonyl (C=O) groups is 5. The van der Waals surface area contributed by atoms with E-state index in [1.807, 2.05) is 0 Å². The molecule has 1 saturated heterocycles. The standard InChI is InChI=1S/C23H40N4O5S/c1-25-22(31)17(15-18(28)10-8-12-24)9-5-6-13-26-20(29)11-4-3-7-14-33-19-16-21(30)27(2)23(19)32/h17,19H,3-16,24H2,1-2H3,(H,25,31)(H,26,29)/t17-,19?/m1/s1. The number of hydrogen-bond donors (Lipinski definition) is 3. The average molecular weight is 485 g/mol. The fourth-order valence-corrected chi connectivity index (χ4v) is 4.90. The van der Waals surface area contributed by atoms with Crippen LogP contribution in [0.4, 0.5) is 0 Å². The number of unbranched alkanes of at least 4 members (excludes halogenated alkanes) is 3. The number of imide groups is 1. The van der Waals surface area contributed by atoms with Crippen molar-refractivity contribution >= 4 is 41.2 Å². The molecule has 4 N–H and O–H groups in total. The van der Waals surface area contributed by atoms with Crippen LogP contribution in [0, 0.1) is 5.92 Å². The number of carbonyl (C=O) groups excluding carboxylic acids is 5. The molecule has 0 saturated carbocycles. The van der Waals surface area contributed by atoms with Gasteiger partial charge in [-0.2, -0.15) is 0 Å². The lowest BCUT2D eigenvalue weighted by molar-refractivity contribution is -0.136. The predicted octanol–water partition coefficient (Wildman–Crippen LogP) is 1.38. The summed E-state index contributed by atoms with van der Waals surface area (Å²) in [5, 5.41) is 5.28. The molecule has 0 aromatic rings. The maximum atomic E-state index is 12.0. The van der Waals surface area contributed by atoms with E-state index >= 15 is 0 Å². The molecule has 0 aromatic heterocycles. The molecule has 1 rings (SSSR count). The molecule has 1 heterocycles. The minimum absolute atomic E-state index is 0.0145. The number of nitrogens with one attached hydrogen (secondary N) is 2. The average Bonchev–Trinajstić information content (AvgIpc) is 3.04. The van der Waals surface area contributed by atoms with Gasteiger partial charge in [-0.05, 0) is 44.4 Å². The van der Waals surface area contributed by atoms with E-state index in [1.54, 1.807) is 7.05 Å². The lowest BCUT2D eigenvalue weighted by Gasteiger charge is -2.14. The summed E-state index contributed by atoms with van der Waals surface area (Å²) in [6.07, 6.45) is 6.78. The Balaban J connectivity index is 2.08. The van der Waals surface area contributed by atoms with Gasteiger partial charge in [0.1, 0.15) is 5.78 Å². The van der Waals surface area contributed by atoms with E-state index in [4.69, 9.17) is 5.73 Å². The van der Waals surface area contributed by atoms with Crippen LogP contribution in [-0.2, 0) is 24.0 Å². The van der Waals surface area contributed by atoms with E-state index in [2.05, 4.69) is 10.6 Å². The quantitative estimate of drug-likeness (QED) is 0.197. The molecule has 2 atom stereocenters. The summed E-state index contributed by atoms with van der Waals surface area (Å²) in [5.74, 6) is 0.220. The molecule has 0 aromatic carbocycles. The second-order valence-electron chi connectivity index (χ2n) is 8.46. The van der Waals surface area contributed by atoms with Crippen LogP contribution in [0.15, 0.2) is 0 Å². The van der Waals surface area contributed by atoms with E-state index in [9.17, 15) is 24.0 Å². The summed E-state index contributed by atoms with van der Waals surface area (Å²) in [6, 6.07) is 0. The van der Waals surface area contributed by atoms with E-state index < -0.39 is 0 Å². The molecular formula is C23H40N4O5S. The highest BCUT2D eigenvalue weighted by atomic mass is 32.2. The first-order valence-corrected chi connectivity index (χ1v) is 13.0. The van der Waals surface area contributed by atoms with Gasteiger partial charge in [0.2, 0.25) is 23.6 Å². The molecule has 1 aliphatic rings. The Morgan fingerprint density at radius 2 is 1.85 bits per heavy atom. The Morgan fingerprint density at radius 3 is 2.48 bits per heavy atom. The molecule has 9 nitrogen and oxygen atoms in total. The minimum Gasteiger partial charge on any atom is -0.359 e. The molecule has 4 amide bonds. The van der Waals surface area contributed by atoms with Gasteiger partial charge in [0.15, 0.2) is 0 Å². The molecule has 33 heavy (non-hydrogen) atoms. The fraction of sp³-hybridized carbons (Fsp3) is 0.783. The van der Waals surface area contributed by atoms with Gasteiger partial charge in [-0.1, -0.05) is 12.8 Å². The Labute approximate surface area is 201 Å². The minimum atomic E-state index is -0.327. The van der Waals surface area contributed by atoms with Crippen LogP contribution in [0.25, 0.3) is 0 Å². The van der Waals surface area contributed by atoms with Gasteiger partial charge >= 0.3 is 0 Å². The fourth-order valence-electron chi connectivity index (χ4n) is 3.68. The van der Waals surface area contributed by atoms with E-state index in [1.165, 1.54) is 23.7 Å². The molecule has 1 unspecified atom stereocenters. The molecule has 1 fully saturated rings.